The fourth-order valence-electron chi connectivity index (χ4n) is 3.68. The summed E-state index contributed by atoms with van der Waals surface area (Å²) >= 11 is 0. The number of ether oxygens (including phenoxy) is 2. The first-order valence-corrected chi connectivity index (χ1v) is 9.37. The average Bonchev–Trinajstić information content (AvgIpc) is 3.19. The molecule has 3 rings (SSSR count). The van der Waals surface area contributed by atoms with Crippen molar-refractivity contribution >= 4 is 17.6 Å². The largest absolute Gasteiger partial charge is 0.497 e. The second-order valence-corrected chi connectivity index (χ2v) is 7.04. The molecule has 0 aromatic heterocycles. The molecule has 1 aliphatic carbocycles. The summed E-state index contributed by atoms with van der Waals surface area (Å²) in [6.45, 7) is 1.51. The zero-order chi connectivity index (χ0) is 20.1. The molecule has 1 saturated carbocycles. The maximum absolute atomic E-state index is 14.4. The Morgan fingerprint density at radius 2 is 1.82 bits per heavy atom. The minimum atomic E-state index is -1.03. The minimum absolute atomic E-state index is 0.345. The summed E-state index contributed by atoms with van der Waals surface area (Å²) in [7, 11) is 1.54. The monoisotopic (exact) mass is 385 g/mol. The summed E-state index contributed by atoms with van der Waals surface area (Å²) in [6, 6.07) is 13.2. The lowest BCUT2D eigenvalue weighted by Crippen LogP contribution is -2.40. The molecular formula is C22H24FNO4. The second kappa shape index (κ2) is 8.42. The number of nitrogens with one attached hydrogen (secondary N) is 1. The number of halogens is 1. The smallest absolute Gasteiger partial charge is 0.317 e. The number of amides is 1. The second-order valence-electron chi connectivity index (χ2n) is 7.04. The number of hydrogen-bond donors (Lipinski definition) is 1. The number of benzene rings is 2. The third-order valence-electron chi connectivity index (χ3n) is 5.23. The van der Waals surface area contributed by atoms with Crippen LogP contribution in [0.2, 0.25) is 0 Å². The lowest BCUT2D eigenvalue weighted by molar-refractivity contribution is -0.159. The zero-order valence-corrected chi connectivity index (χ0v) is 16.0. The standard InChI is InChI=1S/C22H24FNO4/c1-15(20(25)24-16-8-7-9-17(14-16)27-2)28-21(26)22(12-5-6-13-22)18-10-3-4-11-19(18)23/h3-4,7-11,14-15H,5-6,12-13H2,1-2H3,(H,24,25)/t15-/m1/s1. The van der Waals surface area contributed by atoms with Crippen molar-refractivity contribution in [3.63, 3.8) is 0 Å². The molecule has 1 atom stereocenters. The number of carbonyl (C=O) groups excluding carboxylic acids is 2. The highest BCUT2D eigenvalue weighted by molar-refractivity contribution is 5.96. The summed E-state index contributed by atoms with van der Waals surface area (Å²) in [4.78, 5) is 25.5. The first-order valence-electron chi connectivity index (χ1n) is 9.37. The van der Waals surface area contributed by atoms with Crippen LogP contribution in [0.3, 0.4) is 0 Å². The Kier molecular flexibility index (Phi) is 5.97. The van der Waals surface area contributed by atoms with Crippen molar-refractivity contribution in [3.8, 4) is 5.75 Å². The molecule has 6 heteroatoms. The lowest BCUT2D eigenvalue weighted by atomic mass is 9.78. The lowest BCUT2D eigenvalue weighted by Gasteiger charge is -2.29. The highest BCUT2D eigenvalue weighted by Crippen LogP contribution is 2.43. The van der Waals surface area contributed by atoms with E-state index in [2.05, 4.69) is 5.32 Å². The fourth-order valence-corrected chi connectivity index (χ4v) is 3.68. The molecule has 0 spiro atoms. The van der Waals surface area contributed by atoms with Crippen molar-refractivity contribution < 1.29 is 23.5 Å². The molecule has 2 aromatic rings. The van der Waals surface area contributed by atoms with E-state index in [1.807, 2.05) is 0 Å². The molecule has 1 fully saturated rings. The molecule has 1 N–H and O–H groups in total. The maximum atomic E-state index is 14.4. The molecule has 28 heavy (non-hydrogen) atoms. The Balaban J connectivity index is 1.73. The third-order valence-corrected chi connectivity index (χ3v) is 5.23. The van der Waals surface area contributed by atoms with E-state index in [0.717, 1.165) is 12.8 Å². The van der Waals surface area contributed by atoms with Crippen molar-refractivity contribution in [1.82, 2.24) is 0 Å². The van der Waals surface area contributed by atoms with Gasteiger partial charge in [-0.25, -0.2) is 4.39 Å². The number of carbonyl (C=O) groups is 2. The Morgan fingerprint density at radius 1 is 1.11 bits per heavy atom. The van der Waals surface area contributed by atoms with Crippen molar-refractivity contribution in [2.75, 3.05) is 12.4 Å². The highest BCUT2D eigenvalue weighted by Gasteiger charge is 2.46. The van der Waals surface area contributed by atoms with Gasteiger partial charge in [0.05, 0.1) is 12.5 Å². The van der Waals surface area contributed by atoms with Gasteiger partial charge in [-0.05, 0) is 38.0 Å². The Morgan fingerprint density at radius 3 is 2.50 bits per heavy atom. The first-order chi connectivity index (χ1) is 13.5. The van der Waals surface area contributed by atoms with Crippen molar-refractivity contribution in [2.24, 2.45) is 0 Å². The van der Waals surface area contributed by atoms with Crippen LogP contribution >= 0.6 is 0 Å². The van der Waals surface area contributed by atoms with E-state index in [-0.39, 0.29) is 0 Å². The van der Waals surface area contributed by atoms with Crippen LogP contribution in [0.1, 0.15) is 38.2 Å². The number of esters is 1. The van der Waals surface area contributed by atoms with Gasteiger partial charge in [0.25, 0.3) is 5.91 Å². The Hall–Kier alpha value is -2.89. The van der Waals surface area contributed by atoms with E-state index >= 15 is 0 Å². The van der Waals surface area contributed by atoms with Crippen molar-refractivity contribution in [3.05, 3.63) is 59.9 Å². The molecule has 5 nitrogen and oxygen atoms in total. The van der Waals surface area contributed by atoms with Gasteiger partial charge in [-0.2, -0.15) is 0 Å². The van der Waals surface area contributed by atoms with Gasteiger partial charge < -0.3 is 14.8 Å². The predicted molar refractivity (Wildman–Crippen MR) is 104 cm³/mol. The molecule has 148 valence electrons. The highest BCUT2D eigenvalue weighted by atomic mass is 19.1. The van der Waals surface area contributed by atoms with Crippen LogP contribution in [0, 0.1) is 5.82 Å². The molecule has 0 heterocycles. The van der Waals surface area contributed by atoms with Crippen molar-refractivity contribution in [2.45, 2.75) is 44.1 Å². The average molecular weight is 385 g/mol. The van der Waals surface area contributed by atoms with E-state index in [1.165, 1.54) is 20.1 Å². The van der Waals surface area contributed by atoms with Crippen LogP contribution in [-0.2, 0) is 19.7 Å². The van der Waals surface area contributed by atoms with Gasteiger partial charge in [0.2, 0.25) is 0 Å². The third kappa shape index (κ3) is 4.01. The number of methoxy groups -OCH3 is 1. The molecule has 0 aliphatic heterocycles. The van der Waals surface area contributed by atoms with Gasteiger partial charge in [0.15, 0.2) is 6.10 Å². The molecule has 1 amide bonds. The van der Waals surface area contributed by atoms with Crippen LogP contribution < -0.4 is 10.1 Å². The fraction of sp³-hybridized carbons (Fsp3) is 0.364. The quantitative estimate of drug-likeness (QED) is 0.757. The minimum Gasteiger partial charge on any atom is -0.497 e. The van der Waals surface area contributed by atoms with Gasteiger partial charge in [-0.15, -0.1) is 0 Å². The molecule has 0 bridgehead atoms. The molecular weight excluding hydrogens is 361 g/mol. The Labute approximate surface area is 163 Å². The number of rotatable bonds is 6. The molecule has 2 aromatic carbocycles. The van der Waals surface area contributed by atoms with Crippen LogP contribution in [0.25, 0.3) is 0 Å². The van der Waals surface area contributed by atoms with E-state index in [4.69, 9.17) is 9.47 Å². The van der Waals surface area contributed by atoms with Crippen LogP contribution in [-0.4, -0.2) is 25.1 Å². The van der Waals surface area contributed by atoms with Crippen LogP contribution in [0.15, 0.2) is 48.5 Å². The van der Waals surface area contributed by atoms with Gasteiger partial charge in [-0.1, -0.05) is 37.1 Å². The topological polar surface area (TPSA) is 64.6 Å². The Bertz CT molecular complexity index is 861. The van der Waals surface area contributed by atoms with Gasteiger partial charge in [-0.3, -0.25) is 9.59 Å². The van der Waals surface area contributed by atoms with E-state index in [9.17, 15) is 14.0 Å². The van der Waals surface area contributed by atoms with Crippen molar-refractivity contribution in [1.29, 1.82) is 0 Å². The maximum Gasteiger partial charge on any atom is 0.317 e. The normalized spacial score (nSPS) is 16.2. The van der Waals surface area contributed by atoms with Crippen LogP contribution in [0.4, 0.5) is 10.1 Å². The summed E-state index contributed by atoms with van der Waals surface area (Å²) in [5.74, 6) is -0.826. The molecule has 0 unspecified atom stereocenters. The predicted octanol–water partition coefficient (Wildman–Crippen LogP) is 4.22. The van der Waals surface area contributed by atoms with Gasteiger partial charge >= 0.3 is 5.97 Å². The summed E-state index contributed by atoms with van der Waals surface area (Å²) in [5.41, 5.74) is -0.148. The SMILES string of the molecule is COc1cccc(NC(=O)[C@@H](C)OC(=O)C2(c3ccccc3F)CCCC2)c1. The van der Waals surface area contributed by atoms with E-state index in [0.29, 0.717) is 29.8 Å². The zero-order valence-electron chi connectivity index (χ0n) is 16.0. The van der Waals surface area contributed by atoms with Crippen LogP contribution in [0.5, 0.6) is 5.75 Å². The number of hydrogen-bond acceptors (Lipinski definition) is 4. The molecule has 0 saturated heterocycles. The van der Waals surface area contributed by atoms with E-state index in [1.54, 1.807) is 42.5 Å². The van der Waals surface area contributed by atoms with Gasteiger partial charge in [0, 0.05) is 17.3 Å². The summed E-state index contributed by atoms with van der Waals surface area (Å²) in [5, 5.41) is 2.71. The van der Waals surface area contributed by atoms with E-state index < -0.39 is 29.2 Å². The molecule has 1 aliphatic rings. The first kappa shape index (κ1) is 19.9. The summed E-state index contributed by atoms with van der Waals surface area (Å²) < 4.78 is 25.0. The number of anilines is 1. The molecule has 0 radical (unpaired) electrons. The summed E-state index contributed by atoms with van der Waals surface area (Å²) in [6.07, 6.45) is 1.64. The van der Waals surface area contributed by atoms with Gasteiger partial charge in [0.1, 0.15) is 11.6 Å².